The number of hydrogen-bond donors (Lipinski definition) is 2. The quantitative estimate of drug-likeness (QED) is 0.669. The Morgan fingerprint density at radius 2 is 1.76 bits per heavy atom. The highest BCUT2D eigenvalue weighted by Crippen LogP contribution is 2.13. The third-order valence-corrected chi connectivity index (χ3v) is 3.01. The summed E-state index contributed by atoms with van der Waals surface area (Å²) in [5.74, 6) is 0.379. The van der Waals surface area contributed by atoms with Gasteiger partial charge in [-0.2, -0.15) is 5.26 Å². The molecule has 0 aliphatic rings. The maximum absolute atomic E-state index is 8.75. The highest BCUT2D eigenvalue weighted by Gasteiger charge is 1.98. The number of guanidine groups is 1. The minimum Gasteiger partial charge on any atom is -0.370 e. The minimum atomic E-state index is 0.379. The zero-order chi connectivity index (χ0) is 15.2. The number of aliphatic imine (C=N–C) groups is 1. The van der Waals surface area contributed by atoms with E-state index in [2.05, 4.69) is 22.4 Å². The number of rotatable bonds is 3. The second-order valence-corrected chi connectivity index (χ2v) is 5.01. The molecule has 0 bridgehead atoms. The first-order valence-electron chi connectivity index (χ1n) is 6.71. The van der Waals surface area contributed by atoms with Crippen molar-refractivity contribution in [3.63, 3.8) is 0 Å². The molecule has 0 aliphatic heterocycles. The number of nitrogens with two attached hydrogens (primary N) is 1. The third-order valence-electron chi connectivity index (χ3n) is 3.01. The lowest BCUT2D eigenvalue weighted by atomic mass is 10.1. The summed E-state index contributed by atoms with van der Waals surface area (Å²) in [5.41, 5.74) is 10.8. The highest BCUT2D eigenvalue weighted by atomic mass is 15.1. The van der Waals surface area contributed by atoms with Crippen LogP contribution in [-0.2, 0) is 6.54 Å². The van der Waals surface area contributed by atoms with E-state index in [0.29, 0.717) is 18.1 Å². The van der Waals surface area contributed by atoms with Crippen LogP contribution in [0.5, 0.6) is 0 Å². The lowest BCUT2D eigenvalue weighted by Crippen LogP contribution is -2.22. The number of benzene rings is 2. The van der Waals surface area contributed by atoms with Gasteiger partial charge in [0.15, 0.2) is 5.96 Å². The standard InChI is InChI=1S/C17H18N4/c1-12-7-13(2)9-16(8-12)21-17(19)20-11-15-5-3-14(10-18)4-6-15/h3-9H,11H2,1-2H3,(H3,19,20,21). The Morgan fingerprint density at radius 3 is 2.33 bits per heavy atom. The van der Waals surface area contributed by atoms with E-state index in [-0.39, 0.29) is 0 Å². The first-order valence-corrected chi connectivity index (χ1v) is 6.71. The van der Waals surface area contributed by atoms with E-state index in [1.165, 1.54) is 11.1 Å². The zero-order valence-corrected chi connectivity index (χ0v) is 12.2. The molecule has 2 rings (SSSR count). The average molecular weight is 278 g/mol. The van der Waals surface area contributed by atoms with Crippen molar-refractivity contribution in [2.24, 2.45) is 10.7 Å². The van der Waals surface area contributed by atoms with Gasteiger partial charge in [0.2, 0.25) is 0 Å². The van der Waals surface area contributed by atoms with E-state index in [0.717, 1.165) is 11.3 Å². The van der Waals surface area contributed by atoms with Crippen LogP contribution in [0.2, 0.25) is 0 Å². The number of anilines is 1. The molecular weight excluding hydrogens is 260 g/mol. The molecule has 0 heterocycles. The number of hydrogen-bond acceptors (Lipinski definition) is 2. The van der Waals surface area contributed by atoms with Crippen LogP contribution >= 0.6 is 0 Å². The SMILES string of the molecule is Cc1cc(C)cc(NC(N)=NCc2ccc(C#N)cc2)c1. The van der Waals surface area contributed by atoms with Crippen LogP contribution in [0, 0.1) is 25.2 Å². The lowest BCUT2D eigenvalue weighted by molar-refractivity contribution is 1.06. The summed E-state index contributed by atoms with van der Waals surface area (Å²) in [7, 11) is 0. The number of nitrogens with one attached hydrogen (secondary N) is 1. The molecule has 0 amide bonds. The van der Waals surface area contributed by atoms with Crippen molar-refractivity contribution >= 4 is 11.6 Å². The average Bonchev–Trinajstić information content (AvgIpc) is 2.44. The third kappa shape index (κ3) is 4.36. The van der Waals surface area contributed by atoms with Gasteiger partial charge in [0, 0.05) is 5.69 Å². The van der Waals surface area contributed by atoms with Crippen LogP contribution in [0.4, 0.5) is 5.69 Å². The van der Waals surface area contributed by atoms with E-state index in [9.17, 15) is 0 Å². The maximum Gasteiger partial charge on any atom is 0.193 e. The summed E-state index contributed by atoms with van der Waals surface area (Å²) in [6.07, 6.45) is 0. The van der Waals surface area contributed by atoms with Crippen molar-refractivity contribution in [1.82, 2.24) is 0 Å². The van der Waals surface area contributed by atoms with Crippen LogP contribution in [0.1, 0.15) is 22.3 Å². The highest BCUT2D eigenvalue weighted by molar-refractivity contribution is 5.92. The molecule has 21 heavy (non-hydrogen) atoms. The summed E-state index contributed by atoms with van der Waals surface area (Å²) in [5, 5.41) is 11.8. The van der Waals surface area contributed by atoms with Crippen molar-refractivity contribution in [3.8, 4) is 6.07 Å². The van der Waals surface area contributed by atoms with Gasteiger partial charge in [0.25, 0.3) is 0 Å². The summed E-state index contributed by atoms with van der Waals surface area (Å²) in [6, 6.07) is 15.6. The molecule has 0 aliphatic carbocycles. The number of aryl methyl sites for hydroxylation is 2. The Labute approximate surface area is 124 Å². The summed E-state index contributed by atoms with van der Waals surface area (Å²) in [6.45, 7) is 4.57. The largest absolute Gasteiger partial charge is 0.370 e. The van der Waals surface area contributed by atoms with Crippen LogP contribution in [0.3, 0.4) is 0 Å². The molecule has 2 aromatic carbocycles. The van der Waals surface area contributed by atoms with Crippen LogP contribution in [-0.4, -0.2) is 5.96 Å². The lowest BCUT2D eigenvalue weighted by Gasteiger charge is -2.08. The van der Waals surface area contributed by atoms with Crippen LogP contribution < -0.4 is 11.1 Å². The fraction of sp³-hybridized carbons (Fsp3) is 0.176. The van der Waals surface area contributed by atoms with Crippen LogP contribution in [0.15, 0.2) is 47.5 Å². The molecule has 106 valence electrons. The monoisotopic (exact) mass is 278 g/mol. The van der Waals surface area contributed by atoms with Gasteiger partial charge in [-0.25, -0.2) is 4.99 Å². The smallest absolute Gasteiger partial charge is 0.193 e. The molecule has 0 unspecified atom stereocenters. The van der Waals surface area contributed by atoms with Crippen LogP contribution in [0.25, 0.3) is 0 Å². The Morgan fingerprint density at radius 1 is 1.14 bits per heavy atom. The zero-order valence-electron chi connectivity index (χ0n) is 12.2. The molecule has 0 saturated heterocycles. The Bertz CT molecular complexity index is 673. The second kappa shape index (κ2) is 6.58. The van der Waals surface area contributed by atoms with E-state index >= 15 is 0 Å². The minimum absolute atomic E-state index is 0.379. The van der Waals surface area contributed by atoms with E-state index < -0.39 is 0 Å². The Balaban J connectivity index is 2.02. The van der Waals surface area contributed by atoms with Crippen molar-refractivity contribution in [3.05, 3.63) is 64.7 Å². The van der Waals surface area contributed by atoms with Gasteiger partial charge >= 0.3 is 0 Å². The Hall–Kier alpha value is -2.80. The topological polar surface area (TPSA) is 74.2 Å². The van der Waals surface area contributed by atoms with Crippen molar-refractivity contribution in [1.29, 1.82) is 5.26 Å². The normalized spacial score (nSPS) is 11.0. The molecule has 0 atom stereocenters. The molecule has 3 N–H and O–H groups in total. The molecule has 4 heteroatoms. The van der Waals surface area contributed by atoms with E-state index in [1.807, 2.05) is 38.1 Å². The fourth-order valence-electron chi connectivity index (χ4n) is 2.10. The first-order chi connectivity index (χ1) is 10.1. The van der Waals surface area contributed by atoms with Crippen molar-refractivity contribution < 1.29 is 0 Å². The van der Waals surface area contributed by atoms with Gasteiger partial charge in [0.1, 0.15) is 0 Å². The van der Waals surface area contributed by atoms with Gasteiger partial charge < -0.3 is 11.1 Å². The summed E-state index contributed by atoms with van der Waals surface area (Å²) < 4.78 is 0. The molecule has 4 nitrogen and oxygen atoms in total. The molecule has 0 radical (unpaired) electrons. The maximum atomic E-state index is 8.75. The summed E-state index contributed by atoms with van der Waals surface area (Å²) >= 11 is 0. The molecule has 0 spiro atoms. The summed E-state index contributed by atoms with van der Waals surface area (Å²) in [4.78, 5) is 4.30. The molecule has 2 aromatic rings. The van der Waals surface area contributed by atoms with Crippen molar-refractivity contribution in [2.45, 2.75) is 20.4 Å². The predicted molar refractivity (Wildman–Crippen MR) is 86.0 cm³/mol. The number of nitriles is 1. The Kier molecular flexibility index (Phi) is 4.57. The molecule has 0 fully saturated rings. The molecule has 0 saturated carbocycles. The van der Waals surface area contributed by atoms with Gasteiger partial charge in [-0.15, -0.1) is 0 Å². The second-order valence-electron chi connectivity index (χ2n) is 5.01. The first kappa shape index (κ1) is 14.6. The van der Waals surface area contributed by atoms with Gasteiger partial charge in [-0.3, -0.25) is 0 Å². The predicted octanol–water partition coefficient (Wildman–Crippen LogP) is 3.10. The van der Waals surface area contributed by atoms with Gasteiger partial charge in [-0.05, 0) is 54.8 Å². The molecule has 0 aromatic heterocycles. The van der Waals surface area contributed by atoms with E-state index in [1.54, 1.807) is 12.1 Å². The number of nitrogens with zero attached hydrogens (tertiary/aromatic N) is 2. The van der Waals surface area contributed by atoms with Crippen molar-refractivity contribution in [2.75, 3.05) is 5.32 Å². The fourth-order valence-corrected chi connectivity index (χ4v) is 2.10. The van der Waals surface area contributed by atoms with Gasteiger partial charge in [0.05, 0.1) is 18.2 Å². The molecular formula is C17H18N4. The van der Waals surface area contributed by atoms with Gasteiger partial charge in [-0.1, -0.05) is 18.2 Å². The van der Waals surface area contributed by atoms with E-state index in [4.69, 9.17) is 11.0 Å².